The summed E-state index contributed by atoms with van der Waals surface area (Å²) in [6, 6.07) is 7.68. The number of hydrogen-bond donors (Lipinski definition) is 1. The zero-order chi connectivity index (χ0) is 15.2. The van der Waals surface area contributed by atoms with Crippen molar-refractivity contribution in [3.63, 3.8) is 0 Å². The van der Waals surface area contributed by atoms with Gasteiger partial charge in [0.1, 0.15) is 5.54 Å². The molecule has 1 N–H and O–H groups in total. The van der Waals surface area contributed by atoms with Crippen molar-refractivity contribution in [3.8, 4) is 0 Å². The highest BCUT2D eigenvalue weighted by Crippen LogP contribution is 2.40. The summed E-state index contributed by atoms with van der Waals surface area (Å²) in [5.74, 6) is -0.111. The van der Waals surface area contributed by atoms with E-state index in [1.807, 2.05) is 18.2 Å². The van der Waals surface area contributed by atoms with E-state index in [1.54, 1.807) is 0 Å². The smallest absolute Gasteiger partial charge is 0.325 e. The lowest BCUT2D eigenvalue weighted by molar-refractivity contribution is -0.133. The highest BCUT2D eigenvalue weighted by molar-refractivity contribution is 6.07. The Morgan fingerprint density at radius 2 is 2.14 bits per heavy atom. The van der Waals surface area contributed by atoms with Gasteiger partial charge in [-0.05, 0) is 43.2 Å². The summed E-state index contributed by atoms with van der Waals surface area (Å²) in [4.78, 5) is 26.8. The molecule has 1 aromatic carbocycles. The number of imide groups is 1. The second kappa shape index (κ2) is 5.09. The standard InChI is InChI=1S/C17H20N2O3/c20-15-17(9-3-6-12-5-1-2-8-14(12)17)18-16(21)19(15)11-13-7-4-10-22-13/h1-2,5,8,13H,3-4,6-7,9-11H2,(H,18,21)/t13-,17+/m1/s1. The summed E-state index contributed by atoms with van der Waals surface area (Å²) in [5.41, 5.74) is 1.28. The average molecular weight is 300 g/mol. The quantitative estimate of drug-likeness (QED) is 0.849. The number of ether oxygens (including phenoxy) is 1. The number of benzene rings is 1. The van der Waals surface area contributed by atoms with E-state index in [-0.39, 0.29) is 18.0 Å². The van der Waals surface area contributed by atoms with Crippen LogP contribution in [0.15, 0.2) is 24.3 Å². The zero-order valence-corrected chi connectivity index (χ0v) is 12.5. The molecular weight excluding hydrogens is 280 g/mol. The summed E-state index contributed by atoms with van der Waals surface area (Å²) in [7, 11) is 0. The molecule has 2 fully saturated rings. The van der Waals surface area contributed by atoms with Crippen molar-refractivity contribution >= 4 is 11.9 Å². The molecule has 4 rings (SSSR count). The first-order valence-electron chi connectivity index (χ1n) is 8.05. The molecule has 0 unspecified atom stereocenters. The number of urea groups is 1. The molecule has 0 radical (unpaired) electrons. The summed E-state index contributed by atoms with van der Waals surface area (Å²) < 4.78 is 5.58. The van der Waals surface area contributed by atoms with Gasteiger partial charge in [0.05, 0.1) is 12.6 Å². The molecule has 116 valence electrons. The van der Waals surface area contributed by atoms with Crippen molar-refractivity contribution in [2.75, 3.05) is 13.2 Å². The van der Waals surface area contributed by atoms with E-state index in [9.17, 15) is 9.59 Å². The molecule has 5 heteroatoms. The van der Waals surface area contributed by atoms with Crippen molar-refractivity contribution < 1.29 is 14.3 Å². The minimum atomic E-state index is -0.857. The fraction of sp³-hybridized carbons (Fsp3) is 0.529. The van der Waals surface area contributed by atoms with Crippen LogP contribution in [0.4, 0.5) is 4.79 Å². The molecule has 2 atom stereocenters. The number of rotatable bonds is 2. The largest absolute Gasteiger partial charge is 0.376 e. The van der Waals surface area contributed by atoms with E-state index < -0.39 is 5.54 Å². The number of fused-ring (bicyclic) bond motifs is 2. The average Bonchev–Trinajstić information content (AvgIpc) is 3.12. The molecule has 22 heavy (non-hydrogen) atoms. The second-order valence-corrected chi connectivity index (χ2v) is 6.40. The molecule has 2 saturated heterocycles. The molecule has 0 saturated carbocycles. The maximum Gasteiger partial charge on any atom is 0.325 e. The Kier molecular flexibility index (Phi) is 3.18. The molecule has 0 aromatic heterocycles. The minimum Gasteiger partial charge on any atom is -0.376 e. The zero-order valence-electron chi connectivity index (χ0n) is 12.5. The van der Waals surface area contributed by atoms with Gasteiger partial charge >= 0.3 is 6.03 Å². The third-order valence-electron chi connectivity index (χ3n) is 5.06. The summed E-state index contributed by atoms with van der Waals surface area (Å²) >= 11 is 0. The molecule has 5 nitrogen and oxygen atoms in total. The number of amides is 3. The van der Waals surface area contributed by atoms with E-state index in [2.05, 4.69) is 11.4 Å². The van der Waals surface area contributed by atoms with Gasteiger partial charge in [0, 0.05) is 6.61 Å². The molecule has 1 spiro atoms. The van der Waals surface area contributed by atoms with E-state index >= 15 is 0 Å². The van der Waals surface area contributed by atoms with E-state index in [4.69, 9.17) is 4.74 Å². The van der Waals surface area contributed by atoms with Crippen LogP contribution in [0, 0.1) is 0 Å². The Bertz CT molecular complexity index is 624. The van der Waals surface area contributed by atoms with Crippen LogP contribution in [-0.2, 0) is 21.5 Å². The molecule has 1 aromatic rings. The third kappa shape index (κ3) is 1.96. The lowest BCUT2D eigenvalue weighted by atomic mass is 9.76. The molecular formula is C17H20N2O3. The van der Waals surface area contributed by atoms with E-state index in [0.717, 1.165) is 37.9 Å². The van der Waals surface area contributed by atoms with Crippen molar-refractivity contribution in [2.45, 2.75) is 43.7 Å². The SMILES string of the molecule is O=C1N[C@]2(CCCc3ccccc32)C(=O)N1C[C@H]1CCCO1. The number of carbonyl (C=O) groups excluding carboxylic acids is 2. The minimum absolute atomic E-state index is 0.0105. The Hall–Kier alpha value is -1.88. The van der Waals surface area contributed by atoms with Crippen LogP contribution in [0.2, 0.25) is 0 Å². The topological polar surface area (TPSA) is 58.6 Å². The Morgan fingerprint density at radius 3 is 2.95 bits per heavy atom. The lowest BCUT2D eigenvalue weighted by Crippen LogP contribution is -2.47. The van der Waals surface area contributed by atoms with Gasteiger partial charge in [0.15, 0.2) is 0 Å². The van der Waals surface area contributed by atoms with Gasteiger partial charge in [-0.15, -0.1) is 0 Å². The van der Waals surface area contributed by atoms with Gasteiger partial charge in [-0.1, -0.05) is 24.3 Å². The van der Waals surface area contributed by atoms with Gasteiger partial charge in [-0.2, -0.15) is 0 Å². The van der Waals surface area contributed by atoms with Crippen LogP contribution < -0.4 is 5.32 Å². The Labute approximate surface area is 129 Å². The Morgan fingerprint density at radius 1 is 1.27 bits per heavy atom. The van der Waals surface area contributed by atoms with Crippen LogP contribution in [0.3, 0.4) is 0 Å². The van der Waals surface area contributed by atoms with Crippen molar-refractivity contribution in [1.29, 1.82) is 0 Å². The van der Waals surface area contributed by atoms with Crippen molar-refractivity contribution in [1.82, 2.24) is 10.2 Å². The van der Waals surface area contributed by atoms with Crippen molar-refractivity contribution in [2.24, 2.45) is 0 Å². The number of nitrogens with one attached hydrogen (secondary N) is 1. The fourth-order valence-corrected chi connectivity index (χ4v) is 3.97. The van der Waals surface area contributed by atoms with Gasteiger partial charge in [-0.3, -0.25) is 9.69 Å². The first-order valence-corrected chi connectivity index (χ1v) is 8.05. The van der Waals surface area contributed by atoms with Gasteiger partial charge in [-0.25, -0.2) is 4.79 Å². The van der Waals surface area contributed by atoms with Gasteiger partial charge in [0.25, 0.3) is 5.91 Å². The van der Waals surface area contributed by atoms with Crippen molar-refractivity contribution in [3.05, 3.63) is 35.4 Å². The van der Waals surface area contributed by atoms with Crippen LogP contribution >= 0.6 is 0 Å². The molecule has 2 heterocycles. The lowest BCUT2D eigenvalue weighted by Gasteiger charge is -2.33. The Balaban J connectivity index is 1.66. The molecule has 3 amide bonds. The van der Waals surface area contributed by atoms with Gasteiger partial charge < -0.3 is 10.1 Å². The van der Waals surface area contributed by atoms with Crippen LogP contribution in [0.25, 0.3) is 0 Å². The first-order chi connectivity index (χ1) is 10.7. The number of nitrogens with zero attached hydrogens (tertiary/aromatic N) is 1. The number of hydrogen-bond acceptors (Lipinski definition) is 3. The third-order valence-corrected chi connectivity index (χ3v) is 5.06. The second-order valence-electron chi connectivity index (χ2n) is 6.40. The molecule has 2 aliphatic heterocycles. The summed E-state index contributed by atoms with van der Waals surface area (Å²) in [5, 5.41) is 2.98. The number of carbonyl (C=O) groups is 2. The molecule has 3 aliphatic rings. The normalized spacial score (nSPS) is 30.7. The maximum absolute atomic E-state index is 13.0. The van der Waals surface area contributed by atoms with E-state index in [0.29, 0.717) is 13.0 Å². The van der Waals surface area contributed by atoms with E-state index in [1.165, 1.54) is 10.5 Å². The van der Waals surface area contributed by atoms with Crippen LogP contribution in [-0.4, -0.2) is 36.1 Å². The predicted molar refractivity (Wildman–Crippen MR) is 80.3 cm³/mol. The fourth-order valence-electron chi connectivity index (χ4n) is 3.97. The van der Waals surface area contributed by atoms with Crippen LogP contribution in [0.1, 0.15) is 36.8 Å². The first kappa shape index (κ1) is 13.8. The highest BCUT2D eigenvalue weighted by Gasteiger charge is 2.54. The summed E-state index contributed by atoms with van der Waals surface area (Å²) in [6.07, 6.45) is 4.46. The number of aryl methyl sites for hydroxylation is 1. The molecule has 1 aliphatic carbocycles. The van der Waals surface area contributed by atoms with Crippen LogP contribution in [0.5, 0.6) is 0 Å². The molecule has 0 bridgehead atoms. The summed E-state index contributed by atoms with van der Waals surface area (Å²) in [6.45, 7) is 1.09. The monoisotopic (exact) mass is 300 g/mol. The maximum atomic E-state index is 13.0. The predicted octanol–water partition coefficient (Wildman–Crippen LogP) is 1.95. The highest BCUT2D eigenvalue weighted by atomic mass is 16.5. The van der Waals surface area contributed by atoms with Gasteiger partial charge in [0.2, 0.25) is 0 Å².